The predicted octanol–water partition coefficient (Wildman–Crippen LogP) is 3.27. The maximum absolute atomic E-state index is 14.2. The zero-order valence-corrected chi connectivity index (χ0v) is 18.2. The van der Waals surface area contributed by atoms with E-state index in [2.05, 4.69) is 5.32 Å². The van der Waals surface area contributed by atoms with Crippen molar-refractivity contribution in [1.29, 1.82) is 0 Å². The molecule has 0 spiro atoms. The number of likely N-dealkylation sites (N-methyl/N-ethyl adjacent to an activating group) is 1. The van der Waals surface area contributed by atoms with E-state index in [9.17, 15) is 23.9 Å². The minimum Gasteiger partial charge on any atom is -0.509 e. The third kappa shape index (κ3) is 3.11. The molecule has 1 aromatic rings. The summed E-state index contributed by atoms with van der Waals surface area (Å²) in [5.41, 5.74) is 1.56. The quantitative estimate of drug-likeness (QED) is 0.734. The second-order valence-electron chi connectivity index (χ2n) is 9.16. The molecular weight excluding hydrogens is 413 g/mol. The zero-order chi connectivity index (χ0) is 22.6. The molecule has 4 aliphatic rings. The van der Waals surface area contributed by atoms with E-state index in [0.29, 0.717) is 42.9 Å². The van der Waals surface area contributed by atoms with E-state index in [1.54, 1.807) is 11.0 Å². The van der Waals surface area contributed by atoms with E-state index in [1.165, 1.54) is 0 Å². The van der Waals surface area contributed by atoms with Crippen molar-refractivity contribution in [1.82, 2.24) is 14.8 Å². The molecule has 5 rings (SSSR count). The molecule has 1 fully saturated rings. The molecule has 0 saturated heterocycles. The molecule has 3 heterocycles. The Bertz CT molecular complexity index is 1130. The van der Waals surface area contributed by atoms with E-state index >= 15 is 0 Å². The lowest BCUT2D eigenvalue weighted by atomic mass is 9.78. The molecule has 0 bridgehead atoms. The summed E-state index contributed by atoms with van der Waals surface area (Å²) in [5, 5.41) is 12.3. The van der Waals surface area contributed by atoms with E-state index in [4.69, 9.17) is 0 Å². The van der Waals surface area contributed by atoms with Gasteiger partial charge in [0.15, 0.2) is 11.3 Å². The minimum absolute atomic E-state index is 0.00207. The van der Waals surface area contributed by atoms with Crippen LogP contribution in [0, 0.1) is 0 Å². The molecule has 7 nitrogen and oxygen atoms in total. The highest BCUT2D eigenvalue weighted by atomic mass is 19.1. The SMILES string of the molecule is CCN1CC2CCc3c(C(=O)NCC4=CCCC(O)=C4F)c(=O)c(C4CCC4)c(n32)C1=O. The van der Waals surface area contributed by atoms with Crippen LogP contribution in [0.1, 0.15) is 89.5 Å². The zero-order valence-electron chi connectivity index (χ0n) is 18.2. The van der Waals surface area contributed by atoms with Gasteiger partial charge in [-0.05, 0) is 44.9 Å². The van der Waals surface area contributed by atoms with Crippen LogP contribution >= 0.6 is 0 Å². The number of aliphatic hydroxyl groups excluding tert-OH is 1. The van der Waals surface area contributed by atoms with Crippen molar-refractivity contribution in [3.8, 4) is 0 Å². The van der Waals surface area contributed by atoms with Crippen LogP contribution in [0.3, 0.4) is 0 Å². The summed E-state index contributed by atoms with van der Waals surface area (Å²) in [6, 6.07) is 0.0713. The van der Waals surface area contributed by atoms with Gasteiger partial charge in [-0.3, -0.25) is 14.4 Å². The van der Waals surface area contributed by atoms with Gasteiger partial charge in [-0.1, -0.05) is 12.5 Å². The van der Waals surface area contributed by atoms with Crippen LogP contribution in [0.2, 0.25) is 0 Å². The van der Waals surface area contributed by atoms with Crippen molar-refractivity contribution in [2.24, 2.45) is 0 Å². The highest BCUT2D eigenvalue weighted by Crippen LogP contribution is 2.42. The monoisotopic (exact) mass is 441 g/mol. The largest absolute Gasteiger partial charge is 0.509 e. The van der Waals surface area contributed by atoms with Crippen molar-refractivity contribution in [3.63, 3.8) is 0 Å². The maximum atomic E-state index is 14.2. The van der Waals surface area contributed by atoms with Crippen LogP contribution < -0.4 is 10.7 Å². The summed E-state index contributed by atoms with van der Waals surface area (Å²) < 4.78 is 16.2. The van der Waals surface area contributed by atoms with Crippen molar-refractivity contribution >= 4 is 11.8 Å². The molecule has 2 aliphatic heterocycles. The molecule has 2 N–H and O–H groups in total. The second kappa shape index (κ2) is 7.90. The number of aliphatic hydroxyl groups is 1. The summed E-state index contributed by atoms with van der Waals surface area (Å²) in [5.74, 6) is -1.66. The Kier molecular flexibility index (Phi) is 5.18. The highest BCUT2D eigenvalue weighted by molar-refractivity contribution is 6.00. The van der Waals surface area contributed by atoms with E-state index in [1.807, 2.05) is 11.5 Å². The molecule has 1 saturated carbocycles. The predicted molar refractivity (Wildman–Crippen MR) is 117 cm³/mol. The average Bonchev–Trinajstić information content (AvgIpc) is 3.15. The lowest BCUT2D eigenvalue weighted by molar-refractivity contribution is 0.0677. The van der Waals surface area contributed by atoms with Crippen molar-refractivity contribution in [2.45, 2.75) is 63.8 Å². The molecule has 8 heteroatoms. The molecule has 0 aromatic carbocycles. The van der Waals surface area contributed by atoms with Gasteiger partial charge in [0, 0.05) is 42.9 Å². The number of hydrogen-bond acceptors (Lipinski definition) is 4. The first-order chi connectivity index (χ1) is 15.4. The first-order valence-corrected chi connectivity index (χ1v) is 11.6. The fraction of sp³-hybridized carbons (Fsp3) is 0.542. The number of aromatic nitrogens is 1. The fourth-order valence-corrected chi connectivity index (χ4v) is 5.48. The molecular formula is C24H28FN3O4. The standard InChI is InChI=1S/C24H28FN3O4/c1-2-27-12-15-9-10-16-19(23(31)26-11-14-7-4-8-17(29)20(14)25)22(30)18(13-5-3-6-13)21(24(27)32)28(15)16/h7,13,15,29H,2-6,8-12H2,1H3,(H,26,31). The summed E-state index contributed by atoms with van der Waals surface area (Å²) >= 11 is 0. The first kappa shape index (κ1) is 21.0. The number of pyridine rings is 1. The van der Waals surface area contributed by atoms with Gasteiger partial charge >= 0.3 is 0 Å². The third-order valence-electron chi connectivity index (χ3n) is 7.42. The van der Waals surface area contributed by atoms with Crippen LogP contribution in [0.4, 0.5) is 4.39 Å². The number of amides is 2. The summed E-state index contributed by atoms with van der Waals surface area (Å²) in [6.07, 6.45) is 6.43. The number of nitrogens with one attached hydrogen (secondary N) is 1. The van der Waals surface area contributed by atoms with Gasteiger partial charge in [-0.25, -0.2) is 4.39 Å². The van der Waals surface area contributed by atoms with Gasteiger partial charge in [0.2, 0.25) is 0 Å². The molecule has 32 heavy (non-hydrogen) atoms. The normalized spacial score (nSPS) is 22.6. The number of allylic oxidation sites excluding steroid dienone is 2. The van der Waals surface area contributed by atoms with Crippen LogP contribution in [-0.2, 0) is 6.42 Å². The number of carbonyl (C=O) groups excluding carboxylic acids is 2. The Hall–Kier alpha value is -2.90. The van der Waals surface area contributed by atoms with Crippen molar-refractivity contribution in [2.75, 3.05) is 19.6 Å². The van der Waals surface area contributed by atoms with Gasteiger partial charge < -0.3 is 19.9 Å². The highest BCUT2D eigenvalue weighted by Gasteiger charge is 2.42. The van der Waals surface area contributed by atoms with Gasteiger partial charge in [-0.15, -0.1) is 0 Å². The molecule has 0 radical (unpaired) electrons. The Morgan fingerprint density at radius 3 is 2.72 bits per heavy atom. The Morgan fingerprint density at radius 2 is 2.03 bits per heavy atom. The van der Waals surface area contributed by atoms with Crippen molar-refractivity contribution in [3.05, 3.63) is 56.0 Å². The van der Waals surface area contributed by atoms with Crippen LogP contribution in [0.5, 0.6) is 0 Å². The van der Waals surface area contributed by atoms with Gasteiger partial charge in [0.25, 0.3) is 11.8 Å². The van der Waals surface area contributed by atoms with Crippen molar-refractivity contribution < 1.29 is 19.1 Å². The van der Waals surface area contributed by atoms with E-state index in [0.717, 1.165) is 25.7 Å². The Labute approximate surface area is 185 Å². The van der Waals surface area contributed by atoms with E-state index < -0.39 is 11.7 Å². The molecule has 1 aromatic heterocycles. The second-order valence-corrected chi connectivity index (χ2v) is 9.16. The van der Waals surface area contributed by atoms with Gasteiger partial charge in [0.05, 0.1) is 6.04 Å². The summed E-state index contributed by atoms with van der Waals surface area (Å²) in [7, 11) is 0. The topological polar surface area (TPSA) is 91.6 Å². The summed E-state index contributed by atoms with van der Waals surface area (Å²) in [4.78, 5) is 41.9. The Balaban J connectivity index is 1.56. The molecule has 2 amide bonds. The molecule has 2 aliphatic carbocycles. The average molecular weight is 442 g/mol. The smallest absolute Gasteiger partial charge is 0.271 e. The van der Waals surface area contributed by atoms with Gasteiger partial charge in [-0.2, -0.15) is 0 Å². The fourth-order valence-electron chi connectivity index (χ4n) is 5.48. The number of carbonyl (C=O) groups is 2. The Morgan fingerprint density at radius 1 is 1.25 bits per heavy atom. The molecule has 1 atom stereocenters. The van der Waals surface area contributed by atoms with Crippen LogP contribution in [0.25, 0.3) is 0 Å². The minimum atomic E-state index is -0.705. The number of nitrogens with zero attached hydrogens (tertiary/aromatic N) is 2. The molecule has 170 valence electrons. The summed E-state index contributed by atoms with van der Waals surface area (Å²) in [6.45, 7) is 3.02. The van der Waals surface area contributed by atoms with E-state index in [-0.39, 0.29) is 53.2 Å². The third-order valence-corrected chi connectivity index (χ3v) is 7.42. The van der Waals surface area contributed by atoms with Crippen LogP contribution in [-0.4, -0.2) is 46.0 Å². The lowest BCUT2D eigenvalue weighted by Crippen LogP contribution is -2.46. The number of hydrogen-bond donors (Lipinski definition) is 2. The maximum Gasteiger partial charge on any atom is 0.271 e. The van der Waals surface area contributed by atoms with Crippen LogP contribution in [0.15, 0.2) is 28.0 Å². The number of halogens is 1. The molecule has 1 unspecified atom stereocenters. The lowest BCUT2D eigenvalue weighted by Gasteiger charge is -2.37. The van der Waals surface area contributed by atoms with Gasteiger partial charge in [0.1, 0.15) is 17.0 Å². The first-order valence-electron chi connectivity index (χ1n) is 11.6. The number of rotatable bonds is 5.